The zero-order valence-corrected chi connectivity index (χ0v) is 15.4. The minimum atomic E-state index is -4.02. The summed E-state index contributed by atoms with van der Waals surface area (Å²) >= 11 is 0. The van der Waals surface area contributed by atoms with Gasteiger partial charge < -0.3 is 10.1 Å². The maximum Gasteiger partial charge on any atom is 0.323 e. The SMILES string of the molecule is Cc1ccc(S(=O)(=O)O)cc1.O=C(OCc1ccccc1)C1CCCN1. The summed E-state index contributed by atoms with van der Waals surface area (Å²) in [4.78, 5) is 11.5. The van der Waals surface area contributed by atoms with Gasteiger partial charge in [0.05, 0.1) is 4.90 Å². The van der Waals surface area contributed by atoms with Gasteiger partial charge in [0.25, 0.3) is 10.1 Å². The number of esters is 1. The van der Waals surface area contributed by atoms with Gasteiger partial charge in [-0.2, -0.15) is 8.42 Å². The van der Waals surface area contributed by atoms with E-state index < -0.39 is 10.1 Å². The van der Waals surface area contributed by atoms with Crippen molar-refractivity contribution in [1.29, 1.82) is 0 Å². The lowest BCUT2D eigenvalue weighted by Gasteiger charge is -2.09. The lowest BCUT2D eigenvalue weighted by atomic mass is 10.2. The van der Waals surface area contributed by atoms with Crippen molar-refractivity contribution >= 4 is 16.1 Å². The van der Waals surface area contributed by atoms with Gasteiger partial charge in [-0.3, -0.25) is 9.35 Å². The van der Waals surface area contributed by atoms with Gasteiger partial charge in [0.15, 0.2) is 0 Å². The highest BCUT2D eigenvalue weighted by atomic mass is 32.2. The highest BCUT2D eigenvalue weighted by Crippen LogP contribution is 2.09. The van der Waals surface area contributed by atoms with Crippen LogP contribution in [-0.4, -0.2) is 31.5 Å². The molecule has 1 fully saturated rings. The molecule has 1 unspecified atom stereocenters. The summed E-state index contributed by atoms with van der Waals surface area (Å²) in [6.07, 6.45) is 1.96. The van der Waals surface area contributed by atoms with E-state index in [1.165, 1.54) is 12.1 Å². The molecule has 0 amide bonds. The van der Waals surface area contributed by atoms with Gasteiger partial charge in [-0.05, 0) is 44.0 Å². The van der Waals surface area contributed by atoms with Crippen molar-refractivity contribution in [2.75, 3.05) is 6.54 Å². The molecule has 2 aromatic rings. The number of ether oxygens (including phenoxy) is 1. The molecule has 1 saturated heterocycles. The second-order valence-electron chi connectivity index (χ2n) is 6.03. The number of aryl methyl sites for hydroxylation is 1. The Kier molecular flexibility index (Phi) is 7.32. The lowest BCUT2D eigenvalue weighted by Crippen LogP contribution is -2.32. The maximum absolute atomic E-state index is 11.5. The summed E-state index contributed by atoms with van der Waals surface area (Å²) in [6, 6.07) is 15.6. The molecule has 1 aliphatic heterocycles. The first-order chi connectivity index (χ1) is 12.4. The van der Waals surface area contributed by atoms with Crippen LogP contribution in [0.25, 0.3) is 0 Å². The third-order valence-corrected chi connectivity index (χ3v) is 4.76. The highest BCUT2D eigenvalue weighted by molar-refractivity contribution is 7.85. The molecule has 6 nitrogen and oxygen atoms in total. The third kappa shape index (κ3) is 6.59. The summed E-state index contributed by atoms with van der Waals surface area (Å²) in [5.74, 6) is -0.128. The van der Waals surface area contributed by atoms with Gasteiger partial charge in [0, 0.05) is 0 Å². The summed E-state index contributed by atoms with van der Waals surface area (Å²) in [5, 5.41) is 3.12. The van der Waals surface area contributed by atoms with E-state index in [1.807, 2.05) is 37.3 Å². The van der Waals surface area contributed by atoms with Crippen molar-refractivity contribution in [2.24, 2.45) is 0 Å². The molecule has 1 atom stereocenters. The Balaban J connectivity index is 0.000000197. The van der Waals surface area contributed by atoms with E-state index in [0.29, 0.717) is 6.61 Å². The number of hydrogen-bond acceptors (Lipinski definition) is 5. The van der Waals surface area contributed by atoms with Crippen molar-refractivity contribution in [3.8, 4) is 0 Å². The molecule has 2 aromatic carbocycles. The number of rotatable bonds is 4. The van der Waals surface area contributed by atoms with Crippen LogP contribution in [0.1, 0.15) is 24.0 Å². The van der Waals surface area contributed by atoms with Gasteiger partial charge in [-0.1, -0.05) is 48.0 Å². The van der Waals surface area contributed by atoms with Gasteiger partial charge in [-0.25, -0.2) is 0 Å². The summed E-state index contributed by atoms with van der Waals surface area (Å²) in [7, 11) is -4.02. The van der Waals surface area contributed by atoms with E-state index in [0.717, 1.165) is 30.5 Å². The fourth-order valence-corrected chi connectivity index (χ4v) is 2.91. The molecule has 0 aliphatic carbocycles. The number of hydrogen-bond donors (Lipinski definition) is 2. The molecular weight excluding hydrogens is 354 g/mol. The minimum absolute atomic E-state index is 0.0666. The lowest BCUT2D eigenvalue weighted by molar-refractivity contribution is -0.147. The second kappa shape index (κ2) is 9.47. The predicted octanol–water partition coefficient (Wildman–Crippen LogP) is 2.72. The first-order valence-electron chi connectivity index (χ1n) is 8.34. The maximum atomic E-state index is 11.5. The molecular formula is C19H23NO5S. The van der Waals surface area contributed by atoms with E-state index in [9.17, 15) is 13.2 Å². The van der Waals surface area contributed by atoms with Crippen LogP contribution in [0.4, 0.5) is 0 Å². The number of carbonyl (C=O) groups is 1. The summed E-state index contributed by atoms with van der Waals surface area (Å²) < 4.78 is 34.8. The van der Waals surface area contributed by atoms with Crippen molar-refractivity contribution in [3.05, 3.63) is 65.7 Å². The summed E-state index contributed by atoms with van der Waals surface area (Å²) in [6.45, 7) is 3.14. The second-order valence-corrected chi connectivity index (χ2v) is 7.45. The molecule has 0 radical (unpaired) electrons. The highest BCUT2D eigenvalue weighted by Gasteiger charge is 2.23. The zero-order valence-electron chi connectivity index (χ0n) is 14.6. The molecule has 0 bridgehead atoms. The average Bonchev–Trinajstić information content (AvgIpc) is 3.15. The first-order valence-corrected chi connectivity index (χ1v) is 9.78. The van der Waals surface area contributed by atoms with Crippen LogP contribution in [0.3, 0.4) is 0 Å². The van der Waals surface area contributed by atoms with Crippen LogP contribution < -0.4 is 5.32 Å². The molecule has 26 heavy (non-hydrogen) atoms. The van der Waals surface area contributed by atoms with E-state index in [2.05, 4.69) is 5.32 Å². The fraction of sp³-hybridized carbons (Fsp3) is 0.316. The molecule has 140 valence electrons. The van der Waals surface area contributed by atoms with Crippen molar-refractivity contribution in [3.63, 3.8) is 0 Å². The number of benzene rings is 2. The minimum Gasteiger partial charge on any atom is -0.460 e. The Morgan fingerprint density at radius 2 is 1.81 bits per heavy atom. The predicted molar refractivity (Wildman–Crippen MR) is 98.3 cm³/mol. The van der Waals surface area contributed by atoms with Crippen molar-refractivity contribution < 1.29 is 22.5 Å². The molecule has 3 rings (SSSR count). The monoisotopic (exact) mass is 377 g/mol. The Hall–Kier alpha value is -2.22. The largest absolute Gasteiger partial charge is 0.460 e. The van der Waals surface area contributed by atoms with E-state index in [-0.39, 0.29) is 16.9 Å². The van der Waals surface area contributed by atoms with Gasteiger partial charge in [0.2, 0.25) is 0 Å². The average molecular weight is 377 g/mol. The quantitative estimate of drug-likeness (QED) is 0.629. The smallest absolute Gasteiger partial charge is 0.323 e. The Morgan fingerprint density at radius 3 is 2.35 bits per heavy atom. The van der Waals surface area contributed by atoms with Crippen LogP contribution in [0.2, 0.25) is 0 Å². The van der Waals surface area contributed by atoms with E-state index >= 15 is 0 Å². The normalized spacial score (nSPS) is 16.5. The number of carbonyl (C=O) groups excluding carboxylic acids is 1. The van der Waals surface area contributed by atoms with Crippen molar-refractivity contribution in [2.45, 2.75) is 37.3 Å². The van der Waals surface area contributed by atoms with E-state index in [1.54, 1.807) is 12.1 Å². The summed E-state index contributed by atoms with van der Waals surface area (Å²) in [5.41, 5.74) is 1.99. The molecule has 0 spiro atoms. The fourth-order valence-electron chi connectivity index (χ4n) is 2.43. The van der Waals surface area contributed by atoms with Crippen molar-refractivity contribution in [1.82, 2.24) is 5.32 Å². The van der Waals surface area contributed by atoms with Crippen LogP contribution >= 0.6 is 0 Å². The number of nitrogens with one attached hydrogen (secondary N) is 1. The van der Waals surface area contributed by atoms with Crippen LogP contribution in [0, 0.1) is 6.92 Å². The Labute approximate surface area is 153 Å². The van der Waals surface area contributed by atoms with Gasteiger partial charge in [0.1, 0.15) is 12.6 Å². The van der Waals surface area contributed by atoms with Gasteiger partial charge in [-0.15, -0.1) is 0 Å². The molecule has 0 saturated carbocycles. The molecule has 0 aromatic heterocycles. The molecule has 7 heteroatoms. The first kappa shape index (κ1) is 20.1. The topological polar surface area (TPSA) is 92.7 Å². The molecule has 2 N–H and O–H groups in total. The third-order valence-electron chi connectivity index (χ3n) is 3.89. The van der Waals surface area contributed by atoms with E-state index in [4.69, 9.17) is 9.29 Å². The van der Waals surface area contributed by atoms with Crippen LogP contribution in [-0.2, 0) is 26.3 Å². The Bertz CT molecular complexity index is 798. The standard InChI is InChI=1S/C12H15NO2.C7H8O3S/c14-12(11-7-4-8-13-11)15-9-10-5-2-1-3-6-10;1-6-2-4-7(5-3-6)11(8,9)10/h1-3,5-6,11,13H,4,7-9H2;2-5H,1H3,(H,8,9,10). The molecule has 1 aliphatic rings. The van der Waals surface area contributed by atoms with Crippen LogP contribution in [0.5, 0.6) is 0 Å². The van der Waals surface area contributed by atoms with Gasteiger partial charge >= 0.3 is 5.97 Å². The van der Waals surface area contributed by atoms with Crippen LogP contribution in [0.15, 0.2) is 59.5 Å². The molecule has 1 heterocycles. The zero-order chi connectivity index (χ0) is 19.0. The Morgan fingerprint density at radius 1 is 1.15 bits per heavy atom.